The highest BCUT2D eigenvalue weighted by molar-refractivity contribution is 5.77. The van der Waals surface area contributed by atoms with Crippen LogP contribution in [-0.2, 0) is 4.79 Å². The molecule has 2 unspecified atom stereocenters. The quantitative estimate of drug-likeness (QED) is 0.809. The second kappa shape index (κ2) is 7.48. The summed E-state index contributed by atoms with van der Waals surface area (Å²) in [6.07, 6.45) is 7.04. The molecular formula is C18H28N2O. The van der Waals surface area contributed by atoms with Crippen LogP contribution in [0.4, 0.5) is 5.69 Å². The lowest BCUT2D eigenvalue weighted by Crippen LogP contribution is -2.39. The molecule has 1 aromatic rings. The van der Waals surface area contributed by atoms with Crippen molar-refractivity contribution in [3.05, 3.63) is 29.8 Å². The molecule has 0 saturated heterocycles. The van der Waals surface area contributed by atoms with E-state index < -0.39 is 0 Å². The molecule has 0 heterocycles. The third-order valence-electron chi connectivity index (χ3n) is 4.74. The zero-order chi connectivity index (χ0) is 15.2. The first kappa shape index (κ1) is 15.9. The molecule has 2 rings (SSSR count). The fourth-order valence-electron chi connectivity index (χ4n) is 3.29. The Labute approximate surface area is 128 Å². The van der Waals surface area contributed by atoms with E-state index in [9.17, 15) is 4.79 Å². The largest absolute Gasteiger partial charge is 0.399 e. The molecule has 0 bridgehead atoms. The molecule has 0 aliphatic heterocycles. The maximum absolute atomic E-state index is 12.2. The van der Waals surface area contributed by atoms with Crippen LogP contribution in [-0.4, -0.2) is 11.9 Å². The fourth-order valence-corrected chi connectivity index (χ4v) is 3.29. The van der Waals surface area contributed by atoms with Gasteiger partial charge in [-0.05, 0) is 49.3 Å². The number of rotatable bonds is 5. The Balaban J connectivity index is 1.81. The molecule has 3 heteroatoms. The van der Waals surface area contributed by atoms with Gasteiger partial charge in [-0.25, -0.2) is 0 Å². The molecule has 1 amide bonds. The van der Waals surface area contributed by atoms with Crippen LogP contribution in [0, 0.1) is 5.92 Å². The van der Waals surface area contributed by atoms with E-state index in [1.807, 2.05) is 24.3 Å². The highest BCUT2D eigenvalue weighted by Gasteiger charge is 2.22. The number of carbonyl (C=O) groups is 1. The Kier molecular flexibility index (Phi) is 5.66. The van der Waals surface area contributed by atoms with Crippen molar-refractivity contribution in [2.45, 2.75) is 64.3 Å². The number of hydrogen-bond acceptors (Lipinski definition) is 2. The fraction of sp³-hybridized carbons (Fsp3) is 0.611. The van der Waals surface area contributed by atoms with Crippen molar-refractivity contribution in [1.82, 2.24) is 5.32 Å². The number of carbonyl (C=O) groups excluding carboxylic acids is 1. The Morgan fingerprint density at radius 3 is 2.43 bits per heavy atom. The predicted octanol–water partition coefficient (Wildman–Crippen LogP) is 3.85. The van der Waals surface area contributed by atoms with E-state index in [0.717, 1.165) is 5.69 Å². The van der Waals surface area contributed by atoms with Crippen molar-refractivity contribution in [2.24, 2.45) is 5.92 Å². The van der Waals surface area contributed by atoms with Gasteiger partial charge in [-0.15, -0.1) is 0 Å². The summed E-state index contributed by atoms with van der Waals surface area (Å²) in [5.41, 5.74) is 7.63. The van der Waals surface area contributed by atoms with Gasteiger partial charge in [0.15, 0.2) is 0 Å². The highest BCUT2D eigenvalue weighted by Crippen LogP contribution is 2.26. The van der Waals surface area contributed by atoms with Gasteiger partial charge >= 0.3 is 0 Å². The summed E-state index contributed by atoms with van der Waals surface area (Å²) in [5, 5.41) is 3.20. The number of benzene rings is 1. The first-order chi connectivity index (χ1) is 10.1. The lowest BCUT2D eigenvalue weighted by molar-refractivity contribution is -0.122. The Morgan fingerprint density at radius 1 is 1.19 bits per heavy atom. The Bertz CT molecular complexity index is 449. The molecule has 0 spiro atoms. The molecule has 116 valence electrons. The predicted molar refractivity (Wildman–Crippen MR) is 88.1 cm³/mol. The molecule has 1 aliphatic rings. The minimum atomic E-state index is 0.164. The van der Waals surface area contributed by atoms with E-state index in [2.05, 4.69) is 19.2 Å². The Morgan fingerprint density at radius 2 is 1.81 bits per heavy atom. The highest BCUT2D eigenvalue weighted by atomic mass is 16.1. The zero-order valence-corrected chi connectivity index (χ0v) is 13.3. The van der Waals surface area contributed by atoms with Crippen LogP contribution in [0.5, 0.6) is 0 Å². The summed E-state index contributed by atoms with van der Waals surface area (Å²) in [7, 11) is 0. The van der Waals surface area contributed by atoms with E-state index in [0.29, 0.717) is 18.4 Å². The van der Waals surface area contributed by atoms with Gasteiger partial charge in [-0.3, -0.25) is 4.79 Å². The third kappa shape index (κ3) is 4.76. The van der Waals surface area contributed by atoms with Gasteiger partial charge in [0.1, 0.15) is 0 Å². The number of nitrogens with one attached hydrogen (secondary N) is 1. The van der Waals surface area contributed by atoms with E-state index >= 15 is 0 Å². The van der Waals surface area contributed by atoms with Crippen LogP contribution < -0.4 is 11.1 Å². The van der Waals surface area contributed by atoms with Crippen molar-refractivity contribution in [3.8, 4) is 0 Å². The minimum Gasteiger partial charge on any atom is -0.399 e. The molecule has 1 fully saturated rings. The van der Waals surface area contributed by atoms with Crippen LogP contribution in [0.25, 0.3) is 0 Å². The van der Waals surface area contributed by atoms with Gasteiger partial charge in [0.05, 0.1) is 0 Å². The number of nitrogens with two attached hydrogens (primary N) is 1. The average molecular weight is 288 g/mol. The molecule has 1 aromatic carbocycles. The van der Waals surface area contributed by atoms with E-state index in [1.54, 1.807) is 0 Å². The maximum atomic E-state index is 12.2. The number of nitrogen functional groups attached to an aromatic ring is 1. The minimum absolute atomic E-state index is 0.164. The molecule has 1 saturated carbocycles. The number of anilines is 1. The molecular weight excluding hydrogens is 260 g/mol. The molecule has 21 heavy (non-hydrogen) atoms. The summed E-state index contributed by atoms with van der Waals surface area (Å²) in [4.78, 5) is 12.2. The topological polar surface area (TPSA) is 55.1 Å². The summed E-state index contributed by atoms with van der Waals surface area (Å²) in [6.45, 7) is 4.25. The van der Waals surface area contributed by atoms with Crippen LogP contribution >= 0.6 is 0 Å². The van der Waals surface area contributed by atoms with E-state index in [-0.39, 0.29) is 11.8 Å². The summed E-state index contributed by atoms with van der Waals surface area (Å²) in [6, 6.07) is 8.12. The second-order valence-electron chi connectivity index (χ2n) is 6.53. The van der Waals surface area contributed by atoms with Crippen LogP contribution in [0.3, 0.4) is 0 Å². The number of amides is 1. The van der Waals surface area contributed by atoms with Gasteiger partial charge in [-0.2, -0.15) is 0 Å². The summed E-state index contributed by atoms with van der Waals surface area (Å²) in [5.74, 6) is 1.05. The lowest BCUT2D eigenvalue weighted by atomic mass is 9.84. The molecule has 2 atom stereocenters. The van der Waals surface area contributed by atoms with Crippen LogP contribution in [0.1, 0.15) is 63.9 Å². The zero-order valence-electron chi connectivity index (χ0n) is 13.3. The molecule has 0 radical (unpaired) electrons. The monoisotopic (exact) mass is 288 g/mol. The van der Waals surface area contributed by atoms with Crippen molar-refractivity contribution < 1.29 is 4.79 Å². The van der Waals surface area contributed by atoms with Crippen molar-refractivity contribution in [2.75, 3.05) is 5.73 Å². The smallest absolute Gasteiger partial charge is 0.220 e. The second-order valence-corrected chi connectivity index (χ2v) is 6.53. The van der Waals surface area contributed by atoms with Gasteiger partial charge < -0.3 is 11.1 Å². The van der Waals surface area contributed by atoms with Gasteiger partial charge in [0.25, 0.3) is 0 Å². The van der Waals surface area contributed by atoms with Crippen molar-refractivity contribution in [1.29, 1.82) is 0 Å². The van der Waals surface area contributed by atoms with Crippen LogP contribution in [0.15, 0.2) is 24.3 Å². The first-order valence-electron chi connectivity index (χ1n) is 8.21. The van der Waals surface area contributed by atoms with Crippen LogP contribution in [0.2, 0.25) is 0 Å². The van der Waals surface area contributed by atoms with Gasteiger partial charge in [0.2, 0.25) is 5.91 Å². The Hall–Kier alpha value is -1.51. The lowest BCUT2D eigenvalue weighted by Gasteiger charge is -2.28. The van der Waals surface area contributed by atoms with Gasteiger partial charge in [0, 0.05) is 18.2 Å². The summed E-state index contributed by atoms with van der Waals surface area (Å²) >= 11 is 0. The first-order valence-corrected chi connectivity index (χ1v) is 8.21. The number of hydrogen-bond donors (Lipinski definition) is 2. The average Bonchev–Trinajstić information content (AvgIpc) is 2.48. The standard InChI is InChI=1S/C18H28N2O/c1-13(15-8-10-17(19)11-9-15)12-18(21)20-14(2)16-6-4-3-5-7-16/h8-11,13-14,16H,3-7,12,19H2,1-2H3,(H,20,21). The normalized spacial score (nSPS) is 19.0. The van der Waals surface area contributed by atoms with Gasteiger partial charge in [-0.1, -0.05) is 38.3 Å². The van der Waals surface area contributed by atoms with Crippen molar-refractivity contribution >= 4 is 11.6 Å². The van der Waals surface area contributed by atoms with E-state index in [1.165, 1.54) is 37.7 Å². The molecule has 0 aromatic heterocycles. The SMILES string of the molecule is CC(CC(=O)NC(C)C1CCCCC1)c1ccc(N)cc1. The molecule has 3 N–H and O–H groups in total. The van der Waals surface area contributed by atoms with Crippen molar-refractivity contribution in [3.63, 3.8) is 0 Å². The molecule has 1 aliphatic carbocycles. The maximum Gasteiger partial charge on any atom is 0.220 e. The van der Waals surface area contributed by atoms with E-state index in [4.69, 9.17) is 5.73 Å². The molecule has 3 nitrogen and oxygen atoms in total. The summed E-state index contributed by atoms with van der Waals surface area (Å²) < 4.78 is 0. The third-order valence-corrected chi connectivity index (χ3v) is 4.74.